The van der Waals surface area contributed by atoms with E-state index in [1.54, 1.807) is 0 Å². The Kier molecular flexibility index (Phi) is 2.80. The fraction of sp³-hybridized carbons (Fsp3) is 0.538. The molecular formula is C13H20. The molecule has 1 aromatic rings. The average molecular weight is 176 g/mol. The van der Waals surface area contributed by atoms with Crippen LogP contribution in [0.2, 0.25) is 0 Å². The lowest BCUT2D eigenvalue weighted by Gasteiger charge is -2.28. The number of rotatable bonds is 1. The van der Waals surface area contributed by atoms with Gasteiger partial charge < -0.3 is 0 Å². The van der Waals surface area contributed by atoms with Crippen LogP contribution in [-0.4, -0.2) is 0 Å². The minimum absolute atomic E-state index is 0.353. The van der Waals surface area contributed by atoms with Crippen molar-refractivity contribution in [3.63, 3.8) is 0 Å². The van der Waals surface area contributed by atoms with Gasteiger partial charge in [-0.1, -0.05) is 52.0 Å². The normalized spacial score (nSPS) is 14.2. The number of hydrogen-bond donors (Lipinski definition) is 0. The second-order valence-corrected chi connectivity index (χ2v) is 4.94. The third-order valence-electron chi connectivity index (χ3n) is 2.95. The van der Waals surface area contributed by atoms with Crippen LogP contribution in [0, 0.1) is 12.3 Å². The van der Waals surface area contributed by atoms with Crippen molar-refractivity contribution in [2.24, 2.45) is 5.41 Å². The molecule has 0 nitrogen and oxygen atoms in total. The van der Waals surface area contributed by atoms with Gasteiger partial charge in [-0.05, 0) is 29.4 Å². The molecule has 0 aliphatic heterocycles. The molecule has 72 valence electrons. The molecule has 1 rings (SSSR count). The Hall–Kier alpha value is -0.780. The zero-order chi connectivity index (χ0) is 10.1. The Labute approximate surface area is 82.0 Å². The van der Waals surface area contributed by atoms with Crippen LogP contribution in [0.5, 0.6) is 0 Å². The molecule has 0 bridgehead atoms. The fourth-order valence-corrected chi connectivity index (χ4v) is 1.54. The van der Waals surface area contributed by atoms with Gasteiger partial charge in [0.15, 0.2) is 0 Å². The summed E-state index contributed by atoms with van der Waals surface area (Å²) in [5, 5.41) is 0. The van der Waals surface area contributed by atoms with Gasteiger partial charge in [-0.2, -0.15) is 0 Å². The summed E-state index contributed by atoms with van der Waals surface area (Å²) in [6, 6.07) is 8.67. The molecule has 0 aliphatic carbocycles. The van der Waals surface area contributed by atoms with E-state index in [2.05, 4.69) is 58.9 Å². The predicted octanol–water partition coefficient (Wildman–Crippen LogP) is 4.14. The van der Waals surface area contributed by atoms with E-state index in [4.69, 9.17) is 0 Å². The van der Waals surface area contributed by atoms with Gasteiger partial charge in [0.1, 0.15) is 0 Å². The van der Waals surface area contributed by atoms with Crippen LogP contribution in [0.4, 0.5) is 0 Å². The van der Waals surface area contributed by atoms with Crippen LogP contribution in [0.15, 0.2) is 24.3 Å². The Bertz CT molecular complexity index is 278. The molecule has 0 aliphatic rings. The van der Waals surface area contributed by atoms with Crippen LogP contribution in [-0.2, 0) is 0 Å². The highest BCUT2D eigenvalue weighted by Gasteiger charge is 2.22. The van der Waals surface area contributed by atoms with Crippen LogP contribution in [0.3, 0.4) is 0 Å². The standard InChI is InChI=1S/C13H20/c1-10-8-6-7-9-12(10)11(2)13(3,4)5/h6-9,11H,1-5H3/t11-/m1/s1. The van der Waals surface area contributed by atoms with Gasteiger partial charge in [-0.25, -0.2) is 0 Å². The summed E-state index contributed by atoms with van der Waals surface area (Å²) < 4.78 is 0. The van der Waals surface area contributed by atoms with Crippen molar-refractivity contribution in [3.05, 3.63) is 35.4 Å². The van der Waals surface area contributed by atoms with Crippen molar-refractivity contribution >= 4 is 0 Å². The molecule has 1 aromatic carbocycles. The lowest BCUT2D eigenvalue weighted by atomic mass is 9.76. The SMILES string of the molecule is Cc1ccccc1[C@@H](C)C(C)(C)C. The van der Waals surface area contributed by atoms with E-state index in [1.165, 1.54) is 11.1 Å². The monoisotopic (exact) mass is 176 g/mol. The van der Waals surface area contributed by atoms with E-state index in [9.17, 15) is 0 Å². The number of benzene rings is 1. The first-order valence-electron chi connectivity index (χ1n) is 4.98. The van der Waals surface area contributed by atoms with Gasteiger partial charge >= 0.3 is 0 Å². The van der Waals surface area contributed by atoms with Gasteiger partial charge in [-0.3, -0.25) is 0 Å². The highest BCUT2D eigenvalue weighted by atomic mass is 14.3. The second-order valence-electron chi connectivity index (χ2n) is 4.94. The van der Waals surface area contributed by atoms with E-state index < -0.39 is 0 Å². The molecular weight excluding hydrogens is 156 g/mol. The lowest BCUT2D eigenvalue weighted by Crippen LogP contribution is -2.16. The molecule has 13 heavy (non-hydrogen) atoms. The fourth-order valence-electron chi connectivity index (χ4n) is 1.54. The Morgan fingerprint density at radius 2 is 1.62 bits per heavy atom. The smallest absolute Gasteiger partial charge is 0.0139 e. The number of hydrogen-bond acceptors (Lipinski definition) is 0. The second kappa shape index (κ2) is 3.53. The van der Waals surface area contributed by atoms with Crippen molar-refractivity contribution < 1.29 is 0 Å². The summed E-state index contributed by atoms with van der Waals surface area (Å²) in [5.74, 6) is 0.619. The molecule has 0 amide bonds. The maximum absolute atomic E-state index is 2.31. The predicted molar refractivity (Wildman–Crippen MR) is 59.0 cm³/mol. The van der Waals surface area contributed by atoms with E-state index in [1.807, 2.05) is 0 Å². The third kappa shape index (κ3) is 2.33. The first-order valence-corrected chi connectivity index (χ1v) is 4.98. The van der Waals surface area contributed by atoms with Crippen molar-refractivity contribution in [1.82, 2.24) is 0 Å². The van der Waals surface area contributed by atoms with Crippen molar-refractivity contribution in [2.75, 3.05) is 0 Å². The van der Waals surface area contributed by atoms with Crippen molar-refractivity contribution in [2.45, 2.75) is 40.5 Å². The van der Waals surface area contributed by atoms with Gasteiger partial charge in [0.25, 0.3) is 0 Å². The molecule has 1 atom stereocenters. The van der Waals surface area contributed by atoms with Crippen LogP contribution in [0.25, 0.3) is 0 Å². The minimum atomic E-state index is 0.353. The van der Waals surface area contributed by atoms with Gasteiger partial charge in [0.2, 0.25) is 0 Å². The average Bonchev–Trinajstić information content (AvgIpc) is 2.02. The maximum Gasteiger partial charge on any atom is -0.0139 e. The van der Waals surface area contributed by atoms with Crippen LogP contribution >= 0.6 is 0 Å². The molecule has 0 spiro atoms. The Morgan fingerprint density at radius 3 is 2.08 bits per heavy atom. The summed E-state index contributed by atoms with van der Waals surface area (Å²) in [4.78, 5) is 0. The molecule has 0 N–H and O–H groups in total. The van der Waals surface area contributed by atoms with Crippen molar-refractivity contribution in [1.29, 1.82) is 0 Å². The van der Waals surface area contributed by atoms with E-state index >= 15 is 0 Å². The molecule has 0 aromatic heterocycles. The molecule has 0 heteroatoms. The highest BCUT2D eigenvalue weighted by Crippen LogP contribution is 2.35. The first-order chi connectivity index (χ1) is 5.93. The maximum atomic E-state index is 2.31. The van der Waals surface area contributed by atoms with Gasteiger partial charge in [-0.15, -0.1) is 0 Å². The van der Waals surface area contributed by atoms with Gasteiger partial charge in [0, 0.05) is 0 Å². The molecule has 0 fully saturated rings. The first kappa shape index (κ1) is 10.3. The summed E-state index contributed by atoms with van der Waals surface area (Å²) in [6.45, 7) is 11.4. The zero-order valence-corrected chi connectivity index (χ0v) is 9.39. The minimum Gasteiger partial charge on any atom is -0.0620 e. The lowest BCUT2D eigenvalue weighted by molar-refractivity contribution is 0.338. The highest BCUT2D eigenvalue weighted by molar-refractivity contribution is 5.29. The molecule has 0 unspecified atom stereocenters. The Morgan fingerprint density at radius 1 is 1.08 bits per heavy atom. The zero-order valence-electron chi connectivity index (χ0n) is 9.39. The summed E-state index contributed by atoms with van der Waals surface area (Å²) >= 11 is 0. The van der Waals surface area contributed by atoms with E-state index in [0.717, 1.165) is 0 Å². The van der Waals surface area contributed by atoms with E-state index in [0.29, 0.717) is 11.3 Å². The third-order valence-corrected chi connectivity index (χ3v) is 2.95. The molecule has 0 heterocycles. The topological polar surface area (TPSA) is 0 Å². The molecule has 0 saturated carbocycles. The van der Waals surface area contributed by atoms with Crippen LogP contribution < -0.4 is 0 Å². The van der Waals surface area contributed by atoms with Crippen LogP contribution in [0.1, 0.15) is 44.7 Å². The summed E-state index contributed by atoms with van der Waals surface area (Å²) in [7, 11) is 0. The quantitative estimate of drug-likeness (QED) is 0.603. The molecule has 0 radical (unpaired) electrons. The van der Waals surface area contributed by atoms with E-state index in [-0.39, 0.29) is 0 Å². The summed E-state index contributed by atoms with van der Waals surface area (Å²) in [5.41, 5.74) is 3.24. The van der Waals surface area contributed by atoms with Crippen molar-refractivity contribution in [3.8, 4) is 0 Å². The van der Waals surface area contributed by atoms with Gasteiger partial charge in [0.05, 0.1) is 0 Å². The molecule has 0 saturated heterocycles. The Balaban J connectivity index is 3.02. The summed E-state index contributed by atoms with van der Waals surface area (Å²) in [6.07, 6.45) is 0. The number of aryl methyl sites for hydroxylation is 1. The largest absolute Gasteiger partial charge is 0.0620 e.